The fourth-order valence-electron chi connectivity index (χ4n) is 2.21. The maximum Gasteiger partial charge on any atom is 0.417 e. The predicted molar refractivity (Wildman–Crippen MR) is 86.9 cm³/mol. The molecule has 0 unspecified atom stereocenters. The van der Waals surface area contributed by atoms with Gasteiger partial charge in [0.25, 0.3) is 5.91 Å². The molecule has 0 aliphatic heterocycles. The number of rotatable bonds is 3. The Morgan fingerprint density at radius 1 is 1.04 bits per heavy atom. The molecule has 0 radical (unpaired) electrons. The smallest absolute Gasteiger partial charge is 0.298 e. The molecule has 0 bridgehead atoms. The van der Waals surface area contributed by atoms with Gasteiger partial charge in [0.15, 0.2) is 5.13 Å². The fraction of sp³-hybridized carbons (Fsp3) is 0.0588. The SMILES string of the molecule is O=C(Nc1ncc(-c2ccccc2C(F)(F)F)s1)c1ccccc1F. The predicted octanol–water partition coefficient (Wildman–Crippen LogP) is 5.22. The molecule has 25 heavy (non-hydrogen) atoms. The summed E-state index contributed by atoms with van der Waals surface area (Å²) in [4.78, 5) is 16.2. The molecule has 8 heteroatoms. The van der Waals surface area contributed by atoms with E-state index in [9.17, 15) is 22.4 Å². The standard InChI is InChI=1S/C17H10F4N2OS/c18-13-8-4-2-6-11(13)15(24)23-16-22-9-14(25-16)10-5-1-3-7-12(10)17(19,20)21/h1-9H,(H,22,23,24). The maximum atomic E-state index is 13.6. The maximum absolute atomic E-state index is 13.6. The molecule has 128 valence electrons. The summed E-state index contributed by atoms with van der Waals surface area (Å²) < 4.78 is 52.9. The largest absolute Gasteiger partial charge is 0.417 e. The second-order valence-electron chi connectivity index (χ2n) is 5.01. The molecule has 3 aromatic rings. The molecule has 1 heterocycles. The number of thiazole rings is 1. The lowest BCUT2D eigenvalue weighted by Crippen LogP contribution is -2.13. The van der Waals surface area contributed by atoms with E-state index in [0.29, 0.717) is 0 Å². The minimum absolute atomic E-state index is 0.0288. The summed E-state index contributed by atoms with van der Waals surface area (Å²) in [6.45, 7) is 0. The lowest BCUT2D eigenvalue weighted by molar-refractivity contribution is -0.137. The molecule has 3 nitrogen and oxygen atoms in total. The highest BCUT2D eigenvalue weighted by atomic mass is 32.1. The summed E-state index contributed by atoms with van der Waals surface area (Å²) in [5, 5.41) is 2.48. The zero-order chi connectivity index (χ0) is 18.0. The quantitative estimate of drug-likeness (QED) is 0.646. The third-order valence-electron chi connectivity index (χ3n) is 3.34. The Balaban J connectivity index is 1.87. The van der Waals surface area contributed by atoms with Crippen molar-refractivity contribution in [3.63, 3.8) is 0 Å². The molecule has 0 fully saturated rings. The molecular formula is C17H10F4N2OS. The van der Waals surface area contributed by atoms with Crippen molar-refractivity contribution in [2.45, 2.75) is 6.18 Å². The zero-order valence-electron chi connectivity index (χ0n) is 12.5. The van der Waals surface area contributed by atoms with Crippen LogP contribution in [0.15, 0.2) is 54.7 Å². The second kappa shape index (κ2) is 6.64. The number of alkyl halides is 3. The molecule has 1 aromatic heterocycles. The van der Waals surface area contributed by atoms with Crippen molar-refractivity contribution in [2.75, 3.05) is 5.32 Å². The van der Waals surface area contributed by atoms with Crippen molar-refractivity contribution in [3.05, 3.63) is 71.7 Å². The summed E-state index contributed by atoms with van der Waals surface area (Å²) in [5.41, 5.74) is -0.987. The molecule has 3 rings (SSSR count). The third-order valence-corrected chi connectivity index (χ3v) is 4.29. The van der Waals surface area contributed by atoms with E-state index in [2.05, 4.69) is 10.3 Å². The third kappa shape index (κ3) is 3.69. The molecule has 0 saturated carbocycles. The van der Waals surface area contributed by atoms with Crippen molar-refractivity contribution < 1.29 is 22.4 Å². The number of nitrogens with one attached hydrogen (secondary N) is 1. The highest BCUT2D eigenvalue weighted by Gasteiger charge is 2.33. The molecule has 0 spiro atoms. The first-order valence-electron chi connectivity index (χ1n) is 7.04. The number of hydrogen-bond donors (Lipinski definition) is 1. The summed E-state index contributed by atoms with van der Waals surface area (Å²) in [6.07, 6.45) is -3.26. The number of hydrogen-bond acceptors (Lipinski definition) is 3. The highest BCUT2D eigenvalue weighted by molar-refractivity contribution is 7.19. The van der Waals surface area contributed by atoms with Crippen LogP contribution in [0.25, 0.3) is 10.4 Å². The Kier molecular flexibility index (Phi) is 4.54. The first kappa shape index (κ1) is 17.1. The van der Waals surface area contributed by atoms with Gasteiger partial charge in [-0.1, -0.05) is 41.7 Å². The zero-order valence-corrected chi connectivity index (χ0v) is 13.3. The van der Waals surface area contributed by atoms with Gasteiger partial charge in [-0.05, 0) is 18.2 Å². The Morgan fingerprint density at radius 3 is 2.44 bits per heavy atom. The van der Waals surface area contributed by atoms with E-state index in [1.54, 1.807) is 0 Å². The van der Waals surface area contributed by atoms with Gasteiger partial charge in [0.2, 0.25) is 0 Å². The summed E-state index contributed by atoms with van der Waals surface area (Å²) in [6, 6.07) is 10.5. The summed E-state index contributed by atoms with van der Waals surface area (Å²) in [5.74, 6) is -1.41. The average molecular weight is 366 g/mol. The van der Waals surface area contributed by atoms with Crippen molar-refractivity contribution in [1.29, 1.82) is 0 Å². The van der Waals surface area contributed by atoms with Crippen LogP contribution in [0, 0.1) is 5.82 Å². The lowest BCUT2D eigenvalue weighted by Gasteiger charge is -2.10. The monoisotopic (exact) mass is 366 g/mol. The molecule has 1 N–H and O–H groups in total. The van der Waals surface area contributed by atoms with Gasteiger partial charge in [0, 0.05) is 11.8 Å². The van der Waals surface area contributed by atoms with Gasteiger partial charge in [-0.3, -0.25) is 10.1 Å². The van der Waals surface area contributed by atoms with Crippen LogP contribution in [-0.4, -0.2) is 10.9 Å². The van der Waals surface area contributed by atoms with Gasteiger partial charge in [-0.2, -0.15) is 13.2 Å². The van der Waals surface area contributed by atoms with E-state index in [-0.39, 0.29) is 21.1 Å². The van der Waals surface area contributed by atoms with E-state index >= 15 is 0 Å². The van der Waals surface area contributed by atoms with Crippen molar-refractivity contribution in [1.82, 2.24) is 4.98 Å². The Hall–Kier alpha value is -2.74. The minimum atomic E-state index is -4.50. The average Bonchev–Trinajstić information content (AvgIpc) is 3.03. The summed E-state index contributed by atoms with van der Waals surface area (Å²) >= 11 is 0.880. The molecule has 0 atom stereocenters. The van der Waals surface area contributed by atoms with Crippen LogP contribution in [0.1, 0.15) is 15.9 Å². The van der Waals surface area contributed by atoms with Crippen LogP contribution < -0.4 is 5.32 Å². The first-order valence-corrected chi connectivity index (χ1v) is 7.86. The van der Waals surface area contributed by atoms with E-state index in [4.69, 9.17) is 0 Å². The number of halogens is 4. The Labute approximate surface area is 144 Å². The fourth-order valence-corrected chi connectivity index (χ4v) is 3.06. The number of nitrogens with zero attached hydrogens (tertiary/aromatic N) is 1. The number of anilines is 1. The van der Waals surface area contributed by atoms with Crippen molar-refractivity contribution in [2.24, 2.45) is 0 Å². The van der Waals surface area contributed by atoms with Crippen molar-refractivity contribution >= 4 is 22.4 Å². The normalized spacial score (nSPS) is 11.4. The van der Waals surface area contributed by atoms with Gasteiger partial charge in [0.05, 0.1) is 16.0 Å². The Bertz CT molecular complexity index is 921. The molecule has 2 aromatic carbocycles. The van der Waals surface area contributed by atoms with Crippen LogP contribution in [0.5, 0.6) is 0 Å². The van der Waals surface area contributed by atoms with Crippen LogP contribution in [0.4, 0.5) is 22.7 Å². The van der Waals surface area contributed by atoms with Gasteiger partial charge >= 0.3 is 6.18 Å². The van der Waals surface area contributed by atoms with Crippen LogP contribution >= 0.6 is 11.3 Å². The van der Waals surface area contributed by atoms with E-state index in [0.717, 1.165) is 23.5 Å². The lowest BCUT2D eigenvalue weighted by atomic mass is 10.1. The van der Waals surface area contributed by atoms with Gasteiger partial charge in [0.1, 0.15) is 5.82 Å². The van der Waals surface area contributed by atoms with Crippen LogP contribution in [0.3, 0.4) is 0 Å². The van der Waals surface area contributed by atoms with E-state index < -0.39 is 23.5 Å². The highest BCUT2D eigenvalue weighted by Crippen LogP contribution is 2.39. The second-order valence-corrected chi connectivity index (χ2v) is 6.04. The van der Waals surface area contributed by atoms with E-state index in [1.807, 2.05) is 0 Å². The molecule has 0 saturated heterocycles. The van der Waals surface area contributed by atoms with Gasteiger partial charge in [-0.25, -0.2) is 9.37 Å². The number of benzene rings is 2. The number of aromatic nitrogens is 1. The summed E-state index contributed by atoms with van der Waals surface area (Å²) in [7, 11) is 0. The minimum Gasteiger partial charge on any atom is -0.298 e. The molecular weight excluding hydrogens is 356 g/mol. The van der Waals surface area contributed by atoms with Crippen LogP contribution in [0.2, 0.25) is 0 Å². The van der Waals surface area contributed by atoms with Gasteiger partial charge in [-0.15, -0.1) is 0 Å². The Morgan fingerprint density at radius 2 is 1.72 bits per heavy atom. The van der Waals surface area contributed by atoms with Crippen LogP contribution in [-0.2, 0) is 6.18 Å². The number of carbonyl (C=O) groups excluding carboxylic acids is 1. The van der Waals surface area contributed by atoms with E-state index in [1.165, 1.54) is 42.6 Å². The number of carbonyl (C=O) groups is 1. The molecule has 0 aliphatic carbocycles. The topological polar surface area (TPSA) is 42.0 Å². The van der Waals surface area contributed by atoms with Crippen molar-refractivity contribution in [3.8, 4) is 10.4 Å². The first-order chi connectivity index (χ1) is 11.9. The molecule has 0 aliphatic rings. The number of amides is 1. The molecule has 1 amide bonds. The van der Waals surface area contributed by atoms with Gasteiger partial charge < -0.3 is 0 Å².